The molecule has 0 saturated carbocycles. The number of amides is 1. The Hall–Kier alpha value is -2.14. The van der Waals surface area contributed by atoms with Crippen LogP contribution in [0.4, 0.5) is 0 Å². The number of rotatable bonds is 15. The van der Waals surface area contributed by atoms with E-state index in [0.29, 0.717) is 12.8 Å². The maximum absolute atomic E-state index is 12.3. The van der Waals surface area contributed by atoms with E-state index in [0.717, 1.165) is 64.3 Å². The molecule has 1 heterocycles. The fourth-order valence-electron chi connectivity index (χ4n) is 4.30. The van der Waals surface area contributed by atoms with Crippen LogP contribution in [0.2, 0.25) is 0 Å². The molecule has 5 nitrogen and oxygen atoms in total. The number of aliphatic hydroxyl groups excluding tert-OH is 1. The van der Waals surface area contributed by atoms with Gasteiger partial charge in [0.1, 0.15) is 0 Å². The number of aryl methyl sites for hydroxylation is 1. The number of carbonyl (C=O) groups is 2. The van der Waals surface area contributed by atoms with Crippen molar-refractivity contribution in [3.8, 4) is 0 Å². The molecule has 1 aliphatic heterocycles. The number of benzene rings is 1. The number of unbranched alkanes of at least 4 members (excludes halogenated alkanes) is 4. The zero-order valence-electron chi connectivity index (χ0n) is 19.9. The van der Waals surface area contributed by atoms with Crippen LogP contribution >= 0.6 is 0 Å². The summed E-state index contributed by atoms with van der Waals surface area (Å²) in [5, 5.41) is 10.6. The highest BCUT2D eigenvalue weighted by Crippen LogP contribution is 2.22. The van der Waals surface area contributed by atoms with Gasteiger partial charge >= 0.3 is 5.97 Å². The van der Waals surface area contributed by atoms with Crippen molar-refractivity contribution in [1.82, 2.24) is 4.90 Å². The molecule has 178 valence electrons. The predicted molar refractivity (Wildman–Crippen MR) is 128 cm³/mol. The molecule has 0 bridgehead atoms. The molecule has 0 radical (unpaired) electrons. The van der Waals surface area contributed by atoms with Crippen LogP contribution < -0.4 is 0 Å². The number of hydrogen-bond donors (Lipinski definition) is 1. The van der Waals surface area contributed by atoms with Gasteiger partial charge in [0.15, 0.2) is 0 Å². The highest BCUT2D eigenvalue weighted by molar-refractivity contribution is 5.79. The van der Waals surface area contributed by atoms with Crippen LogP contribution in [-0.4, -0.2) is 47.7 Å². The summed E-state index contributed by atoms with van der Waals surface area (Å²) >= 11 is 0. The zero-order valence-corrected chi connectivity index (χ0v) is 19.9. The Balaban J connectivity index is 1.65. The summed E-state index contributed by atoms with van der Waals surface area (Å²) in [5.74, 6) is 0.258. The van der Waals surface area contributed by atoms with Gasteiger partial charge in [0.2, 0.25) is 5.91 Å². The fraction of sp³-hybridized carbons (Fsp3) is 0.630. The lowest BCUT2D eigenvalue weighted by atomic mass is 9.95. The van der Waals surface area contributed by atoms with Gasteiger partial charge in [-0.2, -0.15) is 0 Å². The molecule has 1 amide bonds. The van der Waals surface area contributed by atoms with E-state index in [1.807, 2.05) is 23.1 Å². The van der Waals surface area contributed by atoms with Gasteiger partial charge in [0, 0.05) is 19.4 Å². The van der Waals surface area contributed by atoms with Crippen LogP contribution in [0.5, 0.6) is 0 Å². The van der Waals surface area contributed by atoms with Crippen molar-refractivity contribution in [1.29, 1.82) is 0 Å². The van der Waals surface area contributed by atoms with Crippen molar-refractivity contribution in [3.63, 3.8) is 0 Å². The van der Waals surface area contributed by atoms with Crippen molar-refractivity contribution in [2.75, 3.05) is 13.7 Å². The lowest BCUT2D eigenvalue weighted by molar-refractivity contribution is -0.140. The van der Waals surface area contributed by atoms with Crippen LogP contribution in [0.1, 0.15) is 76.7 Å². The molecule has 1 aromatic carbocycles. The summed E-state index contributed by atoms with van der Waals surface area (Å²) in [7, 11) is 1.42. The SMILES string of the molecule is COC(=O)CCCCCCN1C(=O)CC[C@@H]1C=C[C@@H](O)[C@H](C)CCCCc1ccccc1. The van der Waals surface area contributed by atoms with E-state index < -0.39 is 6.10 Å². The average molecular weight is 444 g/mol. The molecule has 1 aliphatic rings. The number of carbonyl (C=O) groups excluding carboxylic acids is 2. The highest BCUT2D eigenvalue weighted by Gasteiger charge is 2.28. The van der Waals surface area contributed by atoms with Crippen LogP contribution in [0.25, 0.3) is 0 Å². The molecule has 0 unspecified atom stereocenters. The molecule has 1 aromatic rings. The number of likely N-dealkylation sites (tertiary alicyclic amines) is 1. The summed E-state index contributed by atoms with van der Waals surface area (Å²) in [6, 6.07) is 10.6. The second-order valence-electron chi connectivity index (χ2n) is 9.02. The Morgan fingerprint density at radius 1 is 1.16 bits per heavy atom. The normalized spacial score (nSPS) is 18.3. The van der Waals surface area contributed by atoms with Gasteiger partial charge in [-0.1, -0.05) is 68.7 Å². The number of nitrogens with zero attached hydrogens (tertiary/aromatic N) is 1. The Kier molecular flexibility index (Phi) is 12.1. The van der Waals surface area contributed by atoms with E-state index in [1.165, 1.54) is 12.7 Å². The first-order chi connectivity index (χ1) is 15.5. The molecule has 2 rings (SSSR count). The Morgan fingerprint density at radius 3 is 2.66 bits per heavy atom. The van der Waals surface area contributed by atoms with E-state index >= 15 is 0 Å². The largest absolute Gasteiger partial charge is 0.469 e. The summed E-state index contributed by atoms with van der Waals surface area (Å²) in [6.45, 7) is 2.85. The fourth-order valence-corrected chi connectivity index (χ4v) is 4.30. The van der Waals surface area contributed by atoms with E-state index in [9.17, 15) is 14.7 Å². The molecule has 1 fully saturated rings. The van der Waals surface area contributed by atoms with Crippen LogP contribution in [0, 0.1) is 5.92 Å². The number of hydrogen-bond acceptors (Lipinski definition) is 4. The smallest absolute Gasteiger partial charge is 0.305 e. The summed E-state index contributed by atoms with van der Waals surface area (Å²) in [6.07, 6.45) is 13.4. The second kappa shape index (κ2) is 14.8. The van der Waals surface area contributed by atoms with Gasteiger partial charge < -0.3 is 14.7 Å². The van der Waals surface area contributed by atoms with Gasteiger partial charge in [-0.3, -0.25) is 9.59 Å². The zero-order chi connectivity index (χ0) is 23.2. The maximum Gasteiger partial charge on any atom is 0.305 e. The van der Waals surface area contributed by atoms with Crippen molar-refractivity contribution in [3.05, 3.63) is 48.0 Å². The lowest BCUT2D eigenvalue weighted by Gasteiger charge is -2.23. The van der Waals surface area contributed by atoms with Crippen LogP contribution in [0.3, 0.4) is 0 Å². The second-order valence-corrected chi connectivity index (χ2v) is 9.02. The van der Waals surface area contributed by atoms with Crippen molar-refractivity contribution in [2.24, 2.45) is 5.92 Å². The minimum absolute atomic E-state index is 0.0949. The van der Waals surface area contributed by atoms with E-state index in [4.69, 9.17) is 0 Å². The van der Waals surface area contributed by atoms with Gasteiger partial charge in [-0.05, 0) is 50.0 Å². The van der Waals surface area contributed by atoms with E-state index in [2.05, 4.69) is 35.9 Å². The average Bonchev–Trinajstić information content (AvgIpc) is 3.16. The molecule has 1 saturated heterocycles. The molecular formula is C27H41NO4. The molecular weight excluding hydrogens is 402 g/mol. The molecule has 0 spiro atoms. The third-order valence-corrected chi connectivity index (χ3v) is 6.46. The minimum Gasteiger partial charge on any atom is -0.469 e. The van der Waals surface area contributed by atoms with Crippen molar-refractivity contribution in [2.45, 2.75) is 89.7 Å². The molecule has 1 N–H and O–H groups in total. The third kappa shape index (κ3) is 9.56. The topological polar surface area (TPSA) is 66.8 Å². The summed E-state index contributed by atoms with van der Waals surface area (Å²) in [4.78, 5) is 25.4. The summed E-state index contributed by atoms with van der Waals surface area (Å²) in [5.41, 5.74) is 1.37. The summed E-state index contributed by atoms with van der Waals surface area (Å²) < 4.78 is 4.65. The molecule has 32 heavy (non-hydrogen) atoms. The van der Waals surface area contributed by atoms with Crippen molar-refractivity contribution < 1.29 is 19.4 Å². The Morgan fingerprint density at radius 2 is 1.91 bits per heavy atom. The van der Waals surface area contributed by atoms with Crippen molar-refractivity contribution >= 4 is 11.9 Å². The van der Waals surface area contributed by atoms with E-state index in [1.54, 1.807) is 0 Å². The molecule has 0 aromatic heterocycles. The number of ether oxygens (including phenoxy) is 1. The van der Waals surface area contributed by atoms with Gasteiger partial charge in [-0.15, -0.1) is 0 Å². The number of esters is 1. The van der Waals surface area contributed by atoms with Crippen LogP contribution in [0.15, 0.2) is 42.5 Å². The number of methoxy groups -OCH3 is 1. The first-order valence-electron chi connectivity index (χ1n) is 12.3. The lowest BCUT2D eigenvalue weighted by Crippen LogP contribution is -2.33. The Labute approximate surface area is 193 Å². The first-order valence-corrected chi connectivity index (χ1v) is 12.3. The van der Waals surface area contributed by atoms with E-state index in [-0.39, 0.29) is 23.8 Å². The third-order valence-electron chi connectivity index (χ3n) is 6.46. The van der Waals surface area contributed by atoms with Gasteiger partial charge in [0.05, 0.1) is 19.3 Å². The minimum atomic E-state index is -0.470. The molecule has 0 aliphatic carbocycles. The molecule has 3 atom stereocenters. The van der Waals surface area contributed by atoms with Gasteiger partial charge in [0.25, 0.3) is 0 Å². The molecule has 5 heteroatoms. The standard InChI is InChI=1S/C27H41NO4/c1-22(12-9-10-15-23-13-6-5-7-14-23)25(29)19-17-24-18-20-26(30)28(24)21-11-4-3-8-16-27(31)32-2/h5-7,13-14,17,19,22,24-25,29H,3-4,8-12,15-16,18,20-21H2,1-2H3/t22-,24+,25-/m1/s1. The maximum atomic E-state index is 12.3. The highest BCUT2D eigenvalue weighted by atomic mass is 16.5. The van der Waals surface area contributed by atoms with Gasteiger partial charge in [-0.25, -0.2) is 0 Å². The quantitative estimate of drug-likeness (QED) is 0.234. The Bertz CT molecular complexity index is 703. The number of aliphatic hydroxyl groups is 1. The monoisotopic (exact) mass is 443 g/mol. The first kappa shape index (κ1) is 26.1. The predicted octanol–water partition coefficient (Wildman–Crippen LogP) is 5.07. The van der Waals surface area contributed by atoms with Crippen LogP contribution in [-0.2, 0) is 20.7 Å².